The summed E-state index contributed by atoms with van der Waals surface area (Å²) in [5.74, 6) is -1.82. The molecule has 0 spiro atoms. The summed E-state index contributed by atoms with van der Waals surface area (Å²) < 4.78 is 9.13. The molecule has 0 aliphatic heterocycles. The van der Waals surface area contributed by atoms with Gasteiger partial charge >= 0.3 is 12.1 Å². The van der Waals surface area contributed by atoms with Gasteiger partial charge in [0.15, 0.2) is 0 Å². The Hall–Kier alpha value is -2.05. The molecule has 0 aromatic heterocycles. The number of carbonyl (C=O) groups excluding carboxylic acids is 3. The van der Waals surface area contributed by atoms with Crippen molar-refractivity contribution in [1.82, 2.24) is 5.32 Å². The highest BCUT2D eigenvalue weighted by Gasteiger charge is 2.23. The van der Waals surface area contributed by atoms with Crippen molar-refractivity contribution in [3.05, 3.63) is 11.3 Å². The summed E-state index contributed by atoms with van der Waals surface area (Å²) in [4.78, 5) is 33.9. The van der Waals surface area contributed by atoms with Gasteiger partial charge in [0.2, 0.25) is 0 Å². The van der Waals surface area contributed by atoms with Crippen LogP contribution in [0.1, 0.15) is 20.8 Å². The molecule has 0 aromatic rings. The number of esters is 1. The van der Waals surface area contributed by atoms with Crippen molar-refractivity contribution >= 4 is 18.0 Å². The van der Waals surface area contributed by atoms with E-state index in [0.29, 0.717) is 0 Å². The van der Waals surface area contributed by atoms with Gasteiger partial charge in [0.25, 0.3) is 5.91 Å². The van der Waals surface area contributed by atoms with Crippen molar-refractivity contribution in [2.75, 3.05) is 13.2 Å². The van der Waals surface area contributed by atoms with Gasteiger partial charge in [-0.15, -0.1) is 0 Å². The number of carbonyl (C=O) groups is 3. The van der Waals surface area contributed by atoms with Crippen molar-refractivity contribution in [3.63, 3.8) is 0 Å². The first kappa shape index (κ1) is 14.9. The SMILES string of the molecule is CCOC(=O)NC(=O)/C(C(=O)OCC)=C(/C)N. The maximum atomic E-state index is 11.5. The third kappa shape index (κ3) is 5.01. The fourth-order valence-corrected chi connectivity index (χ4v) is 0.958. The fraction of sp³-hybridized carbons (Fsp3) is 0.500. The fourth-order valence-electron chi connectivity index (χ4n) is 0.958. The normalized spacial score (nSPS) is 11.2. The van der Waals surface area contributed by atoms with E-state index in [9.17, 15) is 14.4 Å². The zero-order valence-corrected chi connectivity index (χ0v) is 10.0. The Morgan fingerprint density at radius 2 is 1.65 bits per heavy atom. The summed E-state index contributed by atoms with van der Waals surface area (Å²) in [6, 6.07) is 0. The molecule has 0 bridgehead atoms. The minimum absolute atomic E-state index is 0.0368. The van der Waals surface area contributed by atoms with E-state index in [1.165, 1.54) is 6.92 Å². The molecular weight excluding hydrogens is 228 g/mol. The summed E-state index contributed by atoms with van der Waals surface area (Å²) in [7, 11) is 0. The first-order chi connectivity index (χ1) is 7.93. The van der Waals surface area contributed by atoms with E-state index in [2.05, 4.69) is 9.47 Å². The van der Waals surface area contributed by atoms with Gasteiger partial charge in [-0.1, -0.05) is 0 Å². The van der Waals surface area contributed by atoms with Crippen molar-refractivity contribution in [2.45, 2.75) is 20.8 Å². The van der Waals surface area contributed by atoms with Crippen LogP contribution in [0.2, 0.25) is 0 Å². The lowest BCUT2D eigenvalue weighted by atomic mass is 10.2. The highest BCUT2D eigenvalue weighted by Crippen LogP contribution is 2.02. The standard InChI is InChI=1S/C10H16N2O5/c1-4-16-9(14)7(6(3)11)8(13)12-10(15)17-5-2/h4-5,11H2,1-3H3,(H,12,13,15)/b7-6+. The van der Waals surface area contributed by atoms with E-state index >= 15 is 0 Å². The van der Waals surface area contributed by atoms with Gasteiger partial charge in [-0.2, -0.15) is 0 Å². The number of hydrogen-bond acceptors (Lipinski definition) is 6. The van der Waals surface area contributed by atoms with Crippen LogP contribution < -0.4 is 11.1 Å². The summed E-state index contributed by atoms with van der Waals surface area (Å²) in [6.45, 7) is 4.74. The molecule has 0 saturated heterocycles. The van der Waals surface area contributed by atoms with Crippen LogP contribution in [0.15, 0.2) is 11.3 Å². The third-order valence-corrected chi connectivity index (χ3v) is 1.59. The van der Waals surface area contributed by atoms with Gasteiger partial charge in [-0.3, -0.25) is 10.1 Å². The second kappa shape index (κ2) is 7.26. The van der Waals surface area contributed by atoms with Crippen LogP contribution in [0.3, 0.4) is 0 Å². The zero-order valence-electron chi connectivity index (χ0n) is 10.0. The Morgan fingerprint density at radius 1 is 1.12 bits per heavy atom. The smallest absolute Gasteiger partial charge is 0.414 e. The van der Waals surface area contributed by atoms with Crippen molar-refractivity contribution in [3.8, 4) is 0 Å². The Labute approximate surface area is 98.9 Å². The summed E-state index contributed by atoms with van der Waals surface area (Å²) in [6.07, 6.45) is -0.944. The van der Waals surface area contributed by atoms with E-state index in [0.717, 1.165) is 0 Å². The molecule has 0 aromatic carbocycles. The van der Waals surface area contributed by atoms with Gasteiger partial charge in [0.1, 0.15) is 5.57 Å². The van der Waals surface area contributed by atoms with E-state index in [4.69, 9.17) is 5.73 Å². The van der Waals surface area contributed by atoms with Crippen LogP contribution in [-0.2, 0) is 19.1 Å². The predicted octanol–water partition coefficient (Wildman–Crippen LogP) is 0.0549. The molecule has 17 heavy (non-hydrogen) atoms. The minimum Gasteiger partial charge on any atom is -0.462 e. The lowest BCUT2D eigenvalue weighted by Crippen LogP contribution is -2.36. The van der Waals surface area contributed by atoms with Crippen LogP contribution in [0.5, 0.6) is 0 Å². The molecule has 0 aliphatic carbocycles. The van der Waals surface area contributed by atoms with Crippen LogP contribution in [0.25, 0.3) is 0 Å². The molecule has 2 amide bonds. The van der Waals surface area contributed by atoms with E-state index in [1.54, 1.807) is 13.8 Å². The van der Waals surface area contributed by atoms with Gasteiger partial charge < -0.3 is 15.2 Å². The summed E-state index contributed by atoms with van der Waals surface area (Å²) in [5, 5.41) is 1.86. The van der Waals surface area contributed by atoms with Gasteiger partial charge in [0, 0.05) is 5.70 Å². The van der Waals surface area contributed by atoms with E-state index < -0.39 is 23.5 Å². The van der Waals surface area contributed by atoms with Crippen molar-refractivity contribution < 1.29 is 23.9 Å². The third-order valence-electron chi connectivity index (χ3n) is 1.59. The monoisotopic (exact) mass is 244 g/mol. The topological polar surface area (TPSA) is 108 Å². The molecule has 7 heteroatoms. The molecule has 0 unspecified atom stereocenters. The molecule has 0 fully saturated rings. The number of amides is 2. The number of ether oxygens (including phenoxy) is 2. The molecule has 0 radical (unpaired) electrons. The average Bonchev–Trinajstić information content (AvgIpc) is 2.17. The van der Waals surface area contributed by atoms with Crippen LogP contribution in [0.4, 0.5) is 4.79 Å². The first-order valence-electron chi connectivity index (χ1n) is 5.05. The maximum absolute atomic E-state index is 11.5. The molecule has 0 saturated carbocycles. The molecule has 0 atom stereocenters. The molecule has 0 rings (SSSR count). The number of nitrogens with two attached hydrogens (primary N) is 1. The first-order valence-corrected chi connectivity index (χ1v) is 5.05. The minimum atomic E-state index is -0.944. The highest BCUT2D eigenvalue weighted by molar-refractivity contribution is 6.19. The largest absolute Gasteiger partial charge is 0.462 e. The lowest BCUT2D eigenvalue weighted by Gasteiger charge is -2.08. The van der Waals surface area contributed by atoms with Crippen LogP contribution >= 0.6 is 0 Å². The second-order valence-electron chi connectivity index (χ2n) is 2.95. The van der Waals surface area contributed by atoms with Gasteiger partial charge in [-0.25, -0.2) is 9.59 Å². The number of rotatable bonds is 4. The molecule has 0 heterocycles. The van der Waals surface area contributed by atoms with Gasteiger partial charge in [0.05, 0.1) is 13.2 Å². The number of nitrogens with one attached hydrogen (secondary N) is 1. The maximum Gasteiger partial charge on any atom is 0.414 e. The van der Waals surface area contributed by atoms with Crippen LogP contribution in [0, 0.1) is 0 Å². The number of allylic oxidation sites excluding steroid dienone is 1. The Balaban J connectivity index is 4.76. The Bertz CT molecular complexity index is 345. The lowest BCUT2D eigenvalue weighted by molar-refractivity contribution is -0.140. The van der Waals surface area contributed by atoms with Crippen molar-refractivity contribution in [2.24, 2.45) is 5.73 Å². The van der Waals surface area contributed by atoms with Gasteiger partial charge in [-0.05, 0) is 20.8 Å². The molecular formula is C10H16N2O5. The second-order valence-corrected chi connectivity index (χ2v) is 2.95. The van der Waals surface area contributed by atoms with Crippen molar-refractivity contribution in [1.29, 1.82) is 0 Å². The average molecular weight is 244 g/mol. The van der Waals surface area contributed by atoms with E-state index in [-0.39, 0.29) is 18.9 Å². The van der Waals surface area contributed by atoms with E-state index in [1.807, 2.05) is 5.32 Å². The number of imide groups is 1. The summed E-state index contributed by atoms with van der Waals surface area (Å²) >= 11 is 0. The predicted molar refractivity (Wildman–Crippen MR) is 58.7 cm³/mol. The molecule has 0 aliphatic rings. The van der Waals surface area contributed by atoms with Crippen LogP contribution in [-0.4, -0.2) is 31.2 Å². The number of alkyl carbamates (subject to hydrolysis) is 1. The molecule has 96 valence electrons. The number of hydrogen-bond donors (Lipinski definition) is 2. The molecule has 7 nitrogen and oxygen atoms in total. The zero-order chi connectivity index (χ0) is 13.4. The Kier molecular flexibility index (Phi) is 6.39. The molecule has 3 N–H and O–H groups in total. The Morgan fingerprint density at radius 3 is 2.06 bits per heavy atom. The highest BCUT2D eigenvalue weighted by atomic mass is 16.5. The summed E-state index contributed by atoms with van der Waals surface area (Å²) in [5.41, 5.74) is 4.94. The quantitative estimate of drug-likeness (QED) is 0.313.